The molecule has 8 heteroatoms. The minimum atomic E-state index is -0.545. The average Bonchev–Trinajstić information content (AvgIpc) is 2.89. The lowest BCUT2D eigenvalue weighted by Crippen LogP contribution is -2.39. The largest absolute Gasteiger partial charge is 0.497 e. The second kappa shape index (κ2) is 9.35. The molecule has 1 N–H and O–H groups in total. The number of hydrogen-bond donors (Lipinski definition) is 1. The number of rotatable bonds is 5. The van der Waals surface area contributed by atoms with Crippen molar-refractivity contribution in [2.75, 3.05) is 30.4 Å². The Morgan fingerprint density at radius 2 is 1.82 bits per heavy atom. The number of aromatic nitrogens is 2. The van der Waals surface area contributed by atoms with Gasteiger partial charge in [0.05, 0.1) is 12.8 Å². The van der Waals surface area contributed by atoms with Crippen LogP contribution >= 0.6 is 0 Å². The van der Waals surface area contributed by atoms with E-state index in [1.54, 1.807) is 31.6 Å². The minimum Gasteiger partial charge on any atom is -0.497 e. The number of amides is 1. The molecular formula is C26H24N4O4. The summed E-state index contributed by atoms with van der Waals surface area (Å²) in [4.78, 5) is 36.1. The van der Waals surface area contributed by atoms with Crippen LogP contribution in [0.15, 0.2) is 76.2 Å². The highest BCUT2D eigenvalue weighted by Crippen LogP contribution is 2.27. The number of benzene rings is 2. The van der Waals surface area contributed by atoms with Crippen molar-refractivity contribution in [2.24, 2.45) is 5.92 Å². The number of hydrogen-bond acceptors (Lipinski definition) is 7. The zero-order chi connectivity index (χ0) is 23.5. The summed E-state index contributed by atoms with van der Waals surface area (Å²) < 4.78 is 10.5. The van der Waals surface area contributed by atoms with Crippen molar-refractivity contribution in [3.8, 4) is 17.0 Å². The van der Waals surface area contributed by atoms with Crippen molar-refractivity contribution >= 4 is 28.4 Å². The molecule has 8 nitrogen and oxygen atoms in total. The van der Waals surface area contributed by atoms with E-state index in [1.165, 1.54) is 0 Å². The van der Waals surface area contributed by atoms with E-state index < -0.39 is 5.63 Å². The normalized spacial score (nSPS) is 14.2. The number of para-hydroxylation sites is 1. The summed E-state index contributed by atoms with van der Waals surface area (Å²) in [5, 5.41) is 3.53. The Bertz CT molecular complexity index is 1380. The van der Waals surface area contributed by atoms with Crippen LogP contribution in [0.5, 0.6) is 5.75 Å². The number of ether oxygens (including phenoxy) is 1. The van der Waals surface area contributed by atoms with Crippen LogP contribution in [0.4, 0.5) is 11.5 Å². The number of anilines is 2. The first kappa shape index (κ1) is 21.6. The SMILES string of the molecule is COc1ccc(-c2cc(N3CCC(C(=O)Nc4cc5ccccc5oc4=O)CC3)ncn2)cc1. The molecule has 4 aromatic rings. The Balaban J connectivity index is 1.24. The number of nitrogens with one attached hydrogen (secondary N) is 1. The molecule has 3 heterocycles. The van der Waals surface area contributed by atoms with E-state index in [2.05, 4.69) is 20.2 Å². The van der Waals surface area contributed by atoms with E-state index in [0.29, 0.717) is 31.5 Å². The Kier molecular flexibility index (Phi) is 5.95. The van der Waals surface area contributed by atoms with Crippen molar-refractivity contribution in [3.63, 3.8) is 0 Å². The summed E-state index contributed by atoms with van der Waals surface area (Å²) in [6.45, 7) is 1.37. The van der Waals surface area contributed by atoms with E-state index in [4.69, 9.17) is 9.15 Å². The molecule has 0 unspecified atom stereocenters. The predicted octanol–water partition coefficient (Wildman–Crippen LogP) is 4.11. The van der Waals surface area contributed by atoms with Gasteiger partial charge >= 0.3 is 5.63 Å². The van der Waals surface area contributed by atoms with Gasteiger partial charge in [-0.25, -0.2) is 14.8 Å². The number of carbonyl (C=O) groups excluding carboxylic acids is 1. The van der Waals surface area contributed by atoms with Crippen molar-refractivity contribution in [3.05, 3.63) is 77.4 Å². The number of carbonyl (C=O) groups is 1. The first-order chi connectivity index (χ1) is 16.6. The third-order valence-electron chi connectivity index (χ3n) is 6.13. The topological polar surface area (TPSA) is 97.6 Å². The van der Waals surface area contributed by atoms with Gasteiger partial charge in [-0.2, -0.15) is 0 Å². The molecule has 2 aromatic heterocycles. The standard InChI is InChI=1S/C26H24N4O4/c1-33-20-8-6-17(7-9-20)21-15-24(28-16-27-21)30-12-10-18(11-13-30)25(31)29-22-14-19-4-2-3-5-23(19)34-26(22)32/h2-9,14-16,18H,10-13H2,1H3,(H,29,31). The molecule has 0 bridgehead atoms. The van der Waals surface area contributed by atoms with Crippen LogP contribution in [0.3, 0.4) is 0 Å². The maximum Gasteiger partial charge on any atom is 0.360 e. The van der Waals surface area contributed by atoms with Crippen molar-refractivity contribution in [1.82, 2.24) is 9.97 Å². The van der Waals surface area contributed by atoms with Crippen LogP contribution < -0.4 is 20.6 Å². The molecule has 0 radical (unpaired) electrons. The van der Waals surface area contributed by atoms with Gasteiger partial charge in [-0.05, 0) is 49.2 Å². The van der Waals surface area contributed by atoms with Gasteiger partial charge in [-0.15, -0.1) is 0 Å². The Morgan fingerprint density at radius 1 is 1.06 bits per heavy atom. The second-order valence-corrected chi connectivity index (χ2v) is 8.23. The summed E-state index contributed by atoms with van der Waals surface area (Å²) >= 11 is 0. The zero-order valence-corrected chi connectivity index (χ0v) is 18.7. The average molecular weight is 457 g/mol. The molecule has 0 saturated carbocycles. The number of methoxy groups -OCH3 is 1. The first-order valence-corrected chi connectivity index (χ1v) is 11.2. The zero-order valence-electron chi connectivity index (χ0n) is 18.7. The molecule has 1 aliphatic heterocycles. The molecule has 5 rings (SSSR count). The van der Waals surface area contributed by atoms with Crippen molar-refractivity contribution < 1.29 is 13.9 Å². The number of piperidine rings is 1. The lowest BCUT2D eigenvalue weighted by atomic mass is 9.95. The van der Waals surface area contributed by atoms with Gasteiger partial charge in [0.2, 0.25) is 5.91 Å². The highest BCUT2D eigenvalue weighted by atomic mass is 16.5. The highest BCUT2D eigenvalue weighted by Gasteiger charge is 2.26. The first-order valence-electron chi connectivity index (χ1n) is 11.2. The van der Waals surface area contributed by atoms with Crippen molar-refractivity contribution in [1.29, 1.82) is 0 Å². The van der Waals surface area contributed by atoms with Gasteiger partial charge in [-0.1, -0.05) is 18.2 Å². The number of nitrogens with zero attached hydrogens (tertiary/aromatic N) is 3. The van der Waals surface area contributed by atoms with Crippen LogP contribution in [-0.2, 0) is 4.79 Å². The second-order valence-electron chi connectivity index (χ2n) is 8.23. The number of fused-ring (bicyclic) bond motifs is 1. The predicted molar refractivity (Wildman–Crippen MR) is 130 cm³/mol. The monoisotopic (exact) mass is 456 g/mol. The van der Waals surface area contributed by atoms with Crippen LogP contribution in [0.25, 0.3) is 22.2 Å². The summed E-state index contributed by atoms with van der Waals surface area (Å²) in [6.07, 6.45) is 2.88. The molecule has 1 saturated heterocycles. The van der Waals surface area contributed by atoms with Gasteiger partial charge in [0.25, 0.3) is 0 Å². The molecule has 2 aromatic carbocycles. The fourth-order valence-electron chi connectivity index (χ4n) is 4.19. The maximum atomic E-state index is 12.8. The van der Waals surface area contributed by atoms with Gasteiger partial charge in [0.15, 0.2) is 0 Å². The molecular weight excluding hydrogens is 432 g/mol. The van der Waals surface area contributed by atoms with Gasteiger partial charge in [-0.3, -0.25) is 4.79 Å². The van der Waals surface area contributed by atoms with Crippen LogP contribution in [0.1, 0.15) is 12.8 Å². The molecule has 1 amide bonds. The Morgan fingerprint density at radius 3 is 2.59 bits per heavy atom. The quantitative estimate of drug-likeness (QED) is 0.451. The molecule has 172 valence electrons. The summed E-state index contributed by atoms with van der Waals surface area (Å²) in [6, 6.07) is 18.6. The highest BCUT2D eigenvalue weighted by molar-refractivity contribution is 5.94. The van der Waals surface area contributed by atoms with Gasteiger partial charge in [0.1, 0.15) is 29.2 Å². The fraction of sp³-hybridized carbons (Fsp3) is 0.231. The van der Waals surface area contributed by atoms with Crippen molar-refractivity contribution in [2.45, 2.75) is 12.8 Å². The van der Waals surface area contributed by atoms with Crippen LogP contribution in [0.2, 0.25) is 0 Å². The molecule has 1 aliphatic rings. The van der Waals surface area contributed by atoms with Crippen LogP contribution in [0, 0.1) is 5.92 Å². The third-order valence-corrected chi connectivity index (χ3v) is 6.13. The summed E-state index contributed by atoms with van der Waals surface area (Å²) in [7, 11) is 1.64. The maximum absolute atomic E-state index is 12.8. The summed E-state index contributed by atoms with van der Waals surface area (Å²) in [5.74, 6) is 1.27. The minimum absolute atomic E-state index is 0.163. The lowest BCUT2D eigenvalue weighted by molar-refractivity contribution is -0.120. The van der Waals surface area contributed by atoms with E-state index >= 15 is 0 Å². The molecule has 0 atom stereocenters. The van der Waals surface area contributed by atoms with E-state index in [-0.39, 0.29) is 17.5 Å². The van der Waals surface area contributed by atoms with Gasteiger partial charge in [0, 0.05) is 36.0 Å². The lowest BCUT2D eigenvalue weighted by Gasteiger charge is -2.32. The Hall–Kier alpha value is -4.20. The Labute approximate surface area is 196 Å². The van der Waals surface area contributed by atoms with Gasteiger partial charge < -0.3 is 19.4 Å². The molecule has 34 heavy (non-hydrogen) atoms. The third kappa shape index (κ3) is 4.47. The van der Waals surface area contributed by atoms with E-state index in [9.17, 15) is 9.59 Å². The van der Waals surface area contributed by atoms with E-state index in [0.717, 1.165) is 28.2 Å². The summed E-state index contributed by atoms with van der Waals surface area (Å²) in [5.41, 5.74) is 1.93. The van der Waals surface area contributed by atoms with Crippen LogP contribution in [-0.4, -0.2) is 36.1 Å². The van der Waals surface area contributed by atoms with E-state index in [1.807, 2.05) is 42.5 Å². The molecule has 1 fully saturated rings. The molecule has 0 spiro atoms. The fourth-order valence-corrected chi connectivity index (χ4v) is 4.19. The smallest absolute Gasteiger partial charge is 0.360 e. The molecule has 0 aliphatic carbocycles.